The molecule has 0 aromatic carbocycles. The first-order valence-electron chi connectivity index (χ1n) is 12.2. The monoisotopic (exact) mass is 553 g/mol. The minimum Gasteiger partial charge on any atom is -0.462 e. The normalized spacial score (nSPS) is 20.3. The van der Waals surface area contributed by atoms with Gasteiger partial charge in [-0.25, -0.2) is 20.1 Å². The van der Waals surface area contributed by atoms with Gasteiger partial charge in [0, 0.05) is 18.2 Å². The molecule has 0 unspecified atom stereocenters. The van der Waals surface area contributed by atoms with Gasteiger partial charge in [-0.2, -0.15) is 0 Å². The number of amides is 3. The number of rotatable bonds is 9. The van der Waals surface area contributed by atoms with Crippen molar-refractivity contribution >= 4 is 46.1 Å². The highest BCUT2D eigenvalue weighted by Crippen LogP contribution is 2.51. The Morgan fingerprint density at radius 2 is 1.97 bits per heavy atom. The predicted molar refractivity (Wildman–Crippen MR) is 137 cm³/mol. The van der Waals surface area contributed by atoms with E-state index in [4.69, 9.17) is 19.1 Å². The van der Waals surface area contributed by atoms with Crippen LogP contribution in [0.15, 0.2) is 10.5 Å². The first-order chi connectivity index (χ1) is 17.6. The van der Waals surface area contributed by atoms with Gasteiger partial charge in [-0.15, -0.1) is 11.3 Å². The number of anilines is 1. The molecule has 0 radical (unpaired) electrons. The minimum atomic E-state index is -1.37. The zero-order valence-electron chi connectivity index (χ0n) is 22.6. The van der Waals surface area contributed by atoms with Crippen LogP contribution in [0, 0.1) is 11.3 Å². The number of thiazole rings is 1. The zero-order valence-corrected chi connectivity index (χ0v) is 23.4. The van der Waals surface area contributed by atoms with E-state index in [1.54, 1.807) is 20.8 Å². The van der Waals surface area contributed by atoms with E-state index in [0.29, 0.717) is 12.8 Å². The van der Waals surface area contributed by atoms with Gasteiger partial charge < -0.3 is 19.6 Å². The second kappa shape index (κ2) is 11.2. The Bertz CT molecular complexity index is 1100. The third-order valence-electron chi connectivity index (χ3n) is 5.37. The number of carbonyl (C=O) groups excluding carboxylic acids is 4. The lowest BCUT2D eigenvalue weighted by atomic mass is 9.61. The van der Waals surface area contributed by atoms with Crippen molar-refractivity contribution in [2.24, 2.45) is 16.5 Å². The van der Waals surface area contributed by atoms with Gasteiger partial charge in [0.15, 0.2) is 10.8 Å². The summed E-state index contributed by atoms with van der Waals surface area (Å²) in [6.45, 7) is 13.1. The summed E-state index contributed by atoms with van der Waals surface area (Å²) in [6, 6.07) is -0.960. The van der Waals surface area contributed by atoms with Gasteiger partial charge in [0.25, 0.3) is 11.8 Å². The van der Waals surface area contributed by atoms with Gasteiger partial charge in [-0.3, -0.25) is 19.7 Å². The van der Waals surface area contributed by atoms with Crippen LogP contribution in [0.5, 0.6) is 0 Å². The van der Waals surface area contributed by atoms with E-state index >= 15 is 0 Å². The molecule has 2 heterocycles. The summed E-state index contributed by atoms with van der Waals surface area (Å²) < 4.78 is 10.7. The molecule has 1 aliphatic carbocycles. The number of hydrogen-bond donors (Lipinski definition) is 3. The summed E-state index contributed by atoms with van der Waals surface area (Å²) >= 11 is 1.03. The Morgan fingerprint density at radius 3 is 2.53 bits per heavy atom. The number of oxime groups is 1. The Labute approximate surface area is 224 Å². The van der Waals surface area contributed by atoms with Gasteiger partial charge in [-0.1, -0.05) is 32.9 Å². The van der Waals surface area contributed by atoms with E-state index in [0.717, 1.165) is 11.3 Å². The van der Waals surface area contributed by atoms with Crippen molar-refractivity contribution in [2.75, 3.05) is 18.5 Å². The fraction of sp³-hybridized carbons (Fsp3) is 0.667. The number of carbonyl (C=O) groups is 4. The van der Waals surface area contributed by atoms with Crippen LogP contribution in [0.2, 0.25) is 0 Å². The van der Waals surface area contributed by atoms with E-state index in [-0.39, 0.29) is 41.1 Å². The van der Waals surface area contributed by atoms with Crippen molar-refractivity contribution in [3.8, 4) is 0 Å². The summed E-state index contributed by atoms with van der Waals surface area (Å²) in [5.41, 5.74) is -0.360. The molecule has 38 heavy (non-hydrogen) atoms. The van der Waals surface area contributed by atoms with Crippen molar-refractivity contribution < 1.29 is 38.3 Å². The average molecular weight is 554 g/mol. The summed E-state index contributed by atoms with van der Waals surface area (Å²) in [7, 11) is 0. The molecule has 210 valence electrons. The molecule has 0 bridgehead atoms. The van der Waals surface area contributed by atoms with Crippen molar-refractivity contribution in [2.45, 2.75) is 78.6 Å². The van der Waals surface area contributed by atoms with Crippen LogP contribution < -0.4 is 16.1 Å². The highest BCUT2D eigenvalue weighted by Gasteiger charge is 2.59. The molecule has 1 saturated heterocycles. The highest BCUT2D eigenvalue weighted by atomic mass is 32.1. The molecule has 1 aromatic heterocycles. The lowest BCUT2D eigenvalue weighted by molar-refractivity contribution is -0.205. The number of hydrogen-bond acceptors (Lipinski definition) is 11. The second-order valence-corrected chi connectivity index (χ2v) is 12.4. The molecular weight excluding hydrogens is 518 g/mol. The molecule has 3 amide bonds. The summed E-state index contributed by atoms with van der Waals surface area (Å²) in [5, 5.41) is 10.7. The number of nitrogens with zero attached hydrogens (tertiary/aromatic N) is 2. The summed E-state index contributed by atoms with van der Waals surface area (Å²) in [5.74, 6) is -1.75. The maximum absolute atomic E-state index is 13.2. The quantitative estimate of drug-likeness (QED) is 0.236. The smallest absolute Gasteiger partial charge is 0.413 e. The Morgan fingerprint density at radius 1 is 1.29 bits per heavy atom. The molecule has 13 nitrogen and oxygen atoms in total. The van der Waals surface area contributed by atoms with Gasteiger partial charge in [0.2, 0.25) is 5.60 Å². The van der Waals surface area contributed by atoms with Crippen LogP contribution >= 0.6 is 11.3 Å². The van der Waals surface area contributed by atoms with Crippen LogP contribution in [0.25, 0.3) is 0 Å². The van der Waals surface area contributed by atoms with E-state index < -0.39 is 41.1 Å². The Hall–Kier alpha value is -3.26. The van der Waals surface area contributed by atoms with Crippen LogP contribution in [0.3, 0.4) is 0 Å². The number of nitrogens with one attached hydrogen (secondary N) is 3. The van der Waals surface area contributed by atoms with Crippen LogP contribution in [0.4, 0.5) is 9.93 Å². The third kappa shape index (κ3) is 7.63. The molecule has 3 N–H and O–H groups in total. The fourth-order valence-corrected chi connectivity index (χ4v) is 4.64. The van der Waals surface area contributed by atoms with Crippen LogP contribution in [-0.4, -0.2) is 65.0 Å². The predicted octanol–water partition coefficient (Wildman–Crippen LogP) is 2.51. The fourth-order valence-electron chi connectivity index (χ4n) is 3.96. The summed E-state index contributed by atoms with van der Waals surface area (Å²) in [6.07, 6.45) is -0.0612. The molecule has 1 saturated carbocycles. The number of aromatic nitrogens is 1. The van der Waals surface area contributed by atoms with E-state index in [2.05, 4.69) is 26.3 Å². The molecule has 1 aromatic rings. The zero-order chi connectivity index (χ0) is 28.3. The third-order valence-corrected chi connectivity index (χ3v) is 6.13. The van der Waals surface area contributed by atoms with Crippen molar-refractivity contribution in [1.82, 2.24) is 15.8 Å². The Kier molecular flexibility index (Phi) is 8.66. The molecule has 3 rings (SSSR count). The molecule has 1 aliphatic heterocycles. The van der Waals surface area contributed by atoms with E-state index in [1.165, 1.54) is 5.38 Å². The largest absolute Gasteiger partial charge is 0.462 e. The molecule has 2 fully saturated rings. The van der Waals surface area contributed by atoms with Crippen LogP contribution in [0.1, 0.15) is 67.0 Å². The van der Waals surface area contributed by atoms with Gasteiger partial charge in [0.1, 0.15) is 23.9 Å². The Balaban J connectivity index is 1.86. The standard InChI is InChI=1S/C24H35N5O8S/c1-13(2)8-34-19(32)24(11-23(6,7)12-24)37-28-16(18(31)25-14-9-35-29-17(14)30)15-10-38-20(26-15)27-21(33)36-22(3,4)5/h10,13-14H,8-9,11-12H2,1-7H3,(H,25,31)(H,29,30)(H,26,27,33)/b28-16-/t14-/m0/s1. The second-order valence-electron chi connectivity index (χ2n) is 11.5. The molecule has 14 heteroatoms. The van der Waals surface area contributed by atoms with Crippen LogP contribution in [-0.2, 0) is 33.5 Å². The average Bonchev–Trinajstić information content (AvgIpc) is 3.38. The number of hydroxylamine groups is 1. The van der Waals surface area contributed by atoms with E-state index in [1.807, 2.05) is 27.7 Å². The lowest BCUT2D eigenvalue weighted by Crippen LogP contribution is -2.57. The molecule has 1 atom stereocenters. The minimum absolute atomic E-state index is 0.0576. The van der Waals surface area contributed by atoms with Gasteiger partial charge in [-0.05, 0) is 32.1 Å². The summed E-state index contributed by atoms with van der Waals surface area (Å²) in [4.78, 5) is 65.1. The molecule has 2 aliphatic rings. The highest BCUT2D eigenvalue weighted by molar-refractivity contribution is 7.14. The van der Waals surface area contributed by atoms with Gasteiger partial charge in [0.05, 0.1) is 6.61 Å². The van der Waals surface area contributed by atoms with Crippen molar-refractivity contribution in [3.05, 3.63) is 11.1 Å². The maximum Gasteiger partial charge on any atom is 0.413 e. The van der Waals surface area contributed by atoms with Gasteiger partial charge >= 0.3 is 12.1 Å². The first kappa shape index (κ1) is 29.3. The maximum atomic E-state index is 13.2. The van der Waals surface area contributed by atoms with Crippen molar-refractivity contribution in [1.29, 1.82) is 0 Å². The van der Waals surface area contributed by atoms with Crippen molar-refractivity contribution in [3.63, 3.8) is 0 Å². The number of ether oxygens (including phenoxy) is 2. The first-order valence-corrected chi connectivity index (χ1v) is 13.1. The molecular formula is C24H35N5O8S. The van der Waals surface area contributed by atoms with E-state index in [9.17, 15) is 19.2 Å². The lowest BCUT2D eigenvalue weighted by Gasteiger charge is -2.48. The topological polar surface area (TPSA) is 167 Å². The number of esters is 1. The molecule has 0 spiro atoms. The SMILES string of the molecule is CC(C)COC(=O)C1(O/N=C(\C(=O)N[C@H]2CONC2=O)c2csc(NC(=O)OC(C)(C)C)n2)CC(C)(C)C1.